The minimum absolute atomic E-state index is 0.000110. The fraction of sp³-hybridized carbons (Fsp3) is 0.348. The number of nitrogens with one attached hydrogen (secondary N) is 2. The third-order valence-electron chi connectivity index (χ3n) is 5.24. The van der Waals surface area contributed by atoms with Gasteiger partial charge in [-0.2, -0.15) is 0 Å². The van der Waals surface area contributed by atoms with E-state index in [1.54, 1.807) is 19.2 Å². The van der Waals surface area contributed by atoms with E-state index in [9.17, 15) is 9.18 Å². The van der Waals surface area contributed by atoms with E-state index in [-0.39, 0.29) is 18.3 Å². The van der Waals surface area contributed by atoms with Gasteiger partial charge in [-0.3, -0.25) is 4.79 Å². The molecule has 6 nitrogen and oxygen atoms in total. The molecule has 2 aromatic carbocycles. The molecule has 1 fully saturated rings. The number of benzene rings is 2. The fourth-order valence-electron chi connectivity index (χ4n) is 3.62. The Morgan fingerprint density at radius 3 is 2.67 bits per heavy atom. The number of rotatable bonds is 9. The third-order valence-corrected chi connectivity index (χ3v) is 5.24. The topological polar surface area (TPSA) is 83.7 Å². The Bertz CT molecular complexity index is 1040. The lowest BCUT2D eigenvalue weighted by Crippen LogP contribution is -2.18. The van der Waals surface area contributed by atoms with Crippen LogP contribution in [0.15, 0.2) is 40.8 Å². The van der Waals surface area contributed by atoms with Crippen molar-refractivity contribution in [1.29, 1.82) is 0 Å². The van der Waals surface area contributed by atoms with Crippen LogP contribution in [0.1, 0.15) is 34.7 Å². The summed E-state index contributed by atoms with van der Waals surface area (Å²) in [5.41, 5.74) is 3.81. The molecular formula is C23H25FN2O4. The Hall–Kier alpha value is -2.90. The SMILES string of the molecule is CNC(=O)c1c(-c2ccc(F)cc2)oc2cc(NCCOCCO)c(C3CC3)cc12. The van der Waals surface area contributed by atoms with Crippen LogP contribution in [0.2, 0.25) is 0 Å². The number of ether oxygens (including phenoxy) is 1. The van der Waals surface area contributed by atoms with Gasteiger partial charge in [-0.1, -0.05) is 0 Å². The molecule has 0 unspecified atom stereocenters. The van der Waals surface area contributed by atoms with Crippen molar-refractivity contribution in [3.63, 3.8) is 0 Å². The molecule has 0 bridgehead atoms. The average molecular weight is 412 g/mol. The first-order valence-electron chi connectivity index (χ1n) is 10.1. The van der Waals surface area contributed by atoms with Gasteiger partial charge >= 0.3 is 0 Å². The maximum atomic E-state index is 13.4. The summed E-state index contributed by atoms with van der Waals surface area (Å²) in [5, 5.41) is 15.6. The Morgan fingerprint density at radius 1 is 1.23 bits per heavy atom. The van der Waals surface area contributed by atoms with E-state index in [0.29, 0.717) is 48.1 Å². The monoisotopic (exact) mass is 412 g/mol. The first-order valence-corrected chi connectivity index (χ1v) is 10.1. The van der Waals surface area contributed by atoms with Gasteiger partial charge < -0.3 is 24.9 Å². The van der Waals surface area contributed by atoms with Gasteiger partial charge in [0.2, 0.25) is 0 Å². The molecule has 1 aromatic heterocycles. The summed E-state index contributed by atoms with van der Waals surface area (Å²) in [6.45, 7) is 1.38. The highest BCUT2D eigenvalue weighted by molar-refractivity contribution is 6.11. The standard InChI is InChI=1S/C23H25FN2O4/c1-25-23(28)21-18-12-17(14-2-3-14)19(26-8-10-29-11-9-27)13-20(18)30-22(21)15-4-6-16(24)7-5-15/h4-7,12-14,26-27H,2-3,8-11H2,1H3,(H,25,28). The summed E-state index contributed by atoms with van der Waals surface area (Å²) >= 11 is 0. The Balaban J connectivity index is 1.76. The zero-order chi connectivity index (χ0) is 21.1. The molecule has 1 saturated carbocycles. The lowest BCUT2D eigenvalue weighted by Gasteiger charge is -2.12. The predicted octanol–water partition coefficient (Wildman–Crippen LogP) is 3.90. The zero-order valence-electron chi connectivity index (χ0n) is 16.8. The molecule has 0 spiro atoms. The molecule has 3 N–H and O–H groups in total. The summed E-state index contributed by atoms with van der Waals surface area (Å²) in [6, 6.07) is 9.88. The number of hydrogen-bond acceptors (Lipinski definition) is 5. The largest absolute Gasteiger partial charge is 0.455 e. The molecule has 1 aliphatic rings. The lowest BCUT2D eigenvalue weighted by atomic mass is 10.0. The van der Waals surface area contributed by atoms with Gasteiger partial charge in [-0.25, -0.2) is 4.39 Å². The van der Waals surface area contributed by atoms with Crippen LogP contribution in [0.5, 0.6) is 0 Å². The van der Waals surface area contributed by atoms with Crippen molar-refractivity contribution < 1.29 is 23.4 Å². The first-order chi connectivity index (χ1) is 14.6. The molecule has 7 heteroatoms. The van der Waals surface area contributed by atoms with Gasteiger partial charge in [-0.05, 0) is 54.7 Å². The minimum Gasteiger partial charge on any atom is -0.455 e. The number of hydrogen-bond donors (Lipinski definition) is 3. The summed E-state index contributed by atoms with van der Waals surface area (Å²) in [5.74, 6) is 0.293. The number of aliphatic hydroxyl groups excluding tert-OH is 1. The fourth-order valence-corrected chi connectivity index (χ4v) is 3.62. The second-order valence-electron chi connectivity index (χ2n) is 7.36. The van der Waals surface area contributed by atoms with E-state index < -0.39 is 0 Å². The van der Waals surface area contributed by atoms with Gasteiger partial charge in [0.15, 0.2) is 0 Å². The Labute approximate surface area is 174 Å². The van der Waals surface area contributed by atoms with E-state index in [0.717, 1.165) is 29.5 Å². The summed E-state index contributed by atoms with van der Waals surface area (Å²) in [7, 11) is 1.58. The maximum absolute atomic E-state index is 13.4. The zero-order valence-corrected chi connectivity index (χ0v) is 16.8. The van der Waals surface area contributed by atoms with Gasteiger partial charge in [0.05, 0.1) is 25.4 Å². The van der Waals surface area contributed by atoms with E-state index in [1.807, 2.05) is 12.1 Å². The van der Waals surface area contributed by atoms with E-state index in [1.165, 1.54) is 12.1 Å². The van der Waals surface area contributed by atoms with Crippen molar-refractivity contribution in [3.05, 3.63) is 53.3 Å². The van der Waals surface area contributed by atoms with Crippen LogP contribution >= 0.6 is 0 Å². The number of carbonyl (C=O) groups excluding carboxylic acids is 1. The van der Waals surface area contributed by atoms with Crippen LogP contribution in [0.25, 0.3) is 22.3 Å². The van der Waals surface area contributed by atoms with Crippen molar-refractivity contribution in [2.75, 3.05) is 38.7 Å². The number of furan rings is 1. The van der Waals surface area contributed by atoms with Crippen LogP contribution in [-0.2, 0) is 4.74 Å². The number of amides is 1. The summed E-state index contributed by atoms with van der Waals surface area (Å²) in [4.78, 5) is 12.7. The van der Waals surface area contributed by atoms with Crippen LogP contribution in [0.3, 0.4) is 0 Å². The maximum Gasteiger partial charge on any atom is 0.255 e. The highest BCUT2D eigenvalue weighted by Gasteiger charge is 2.29. The average Bonchev–Trinajstić information content (AvgIpc) is 3.53. The summed E-state index contributed by atoms with van der Waals surface area (Å²) < 4.78 is 24.8. The third kappa shape index (κ3) is 4.17. The molecule has 1 heterocycles. The van der Waals surface area contributed by atoms with Crippen LogP contribution in [0, 0.1) is 5.82 Å². The van der Waals surface area contributed by atoms with Gasteiger partial charge in [0, 0.05) is 36.3 Å². The highest BCUT2D eigenvalue weighted by Crippen LogP contribution is 2.46. The molecule has 158 valence electrons. The van der Waals surface area contributed by atoms with E-state index >= 15 is 0 Å². The number of halogens is 1. The van der Waals surface area contributed by atoms with Crippen molar-refractivity contribution in [1.82, 2.24) is 5.32 Å². The van der Waals surface area contributed by atoms with Crippen molar-refractivity contribution in [2.45, 2.75) is 18.8 Å². The number of carbonyl (C=O) groups is 1. The molecule has 1 amide bonds. The van der Waals surface area contributed by atoms with E-state index in [2.05, 4.69) is 10.6 Å². The molecule has 0 radical (unpaired) electrons. The van der Waals surface area contributed by atoms with Crippen molar-refractivity contribution in [3.8, 4) is 11.3 Å². The van der Waals surface area contributed by atoms with Crippen LogP contribution in [0.4, 0.5) is 10.1 Å². The molecular weight excluding hydrogens is 387 g/mol. The number of aliphatic hydroxyl groups is 1. The Kier molecular flexibility index (Phi) is 6.01. The van der Waals surface area contributed by atoms with Crippen molar-refractivity contribution in [2.24, 2.45) is 0 Å². The minimum atomic E-state index is -0.345. The number of anilines is 1. The molecule has 4 rings (SSSR count). The van der Waals surface area contributed by atoms with Gasteiger partial charge in [0.25, 0.3) is 5.91 Å². The normalized spacial score (nSPS) is 13.6. The molecule has 0 saturated heterocycles. The second-order valence-corrected chi connectivity index (χ2v) is 7.36. The van der Waals surface area contributed by atoms with Crippen LogP contribution in [-0.4, -0.2) is 44.4 Å². The molecule has 30 heavy (non-hydrogen) atoms. The smallest absolute Gasteiger partial charge is 0.255 e. The van der Waals surface area contributed by atoms with Gasteiger partial charge in [0.1, 0.15) is 17.2 Å². The molecule has 0 aliphatic heterocycles. The second kappa shape index (κ2) is 8.85. The molecule has 0 atom stereocenters. The quantitative estimate of drug-likeness (QED) is 0.465. The molecule has 1 aliphatic carbocycles. The van der Waals surface area contributed by atoms with Gasteiger partial charge in [-0.15, -0.1) is 0 Å². The van der Waals surface area contributed by atoms with Crippen LogP contribution < -0.4 is 10.6 Å². The summed E-state index contributed by atoms with van der Waals surface area (Å²) in [6.07, 6.45) is 2.22. The molecule has 3 aromatic rings. The first kappa shape index (κ1) is 20.4. The highest BCUT2D eigenvalue weighted by atomic mass is 19.1. The van der Waals surface area contributed by atoms with Crippen molar-refractivity contribution >= 4 is 22.6 Å². The van der Waals surface area contributed by atoms with E-state index in [4.69, 9.17) is 14.3 Å². The Morgan fingerprint density at radius 2 is 2.00 bits per heavy atom. The predicted molar refractivity (Wildman–Crippen MR) is 113 cm³/mol. The number of fused-ring (bicyclic) bond motifs is 1. The lowest BCUT2D eigenvalue weighted by molar-refractivity contribution is 0.0964.